The molecule has 0 fully saturated rings. The first-order valence-corrected chi connectivity index (χ1v) is 6.35. The van der Waals surface area contributed by atoms with Crippen LogP contribution in [0.4, 0.5) is 5.82 Å². The lowest BCUT2D eigenvalue weighted by atomic mass is 10.1. The van der Waals surface area contributed by atoms with Crippen molar-refractivity contribution in [3.8, 4) is 0 Å². The summed E-state index contributed by atoms with van der Waals surface area (Å²) in [5.74, 6) is 1.60. The molecule has 0 saturated heterocycles. The molecule has 0 bridgehead atoms. The summed E-state index contributed by atoms with van der Waals surface area (Å²) in [7, 11) is 1.68. The van der Waals surface area contributed by atoms with Gasteiger partial charge in [0.05, 0.1) is 18.9 Å². The van der Waals surface area contributed by atoms with E-state index in [9.17, 15) is 0 Å². The summed E-state index contributed by atoms with van der Waals surface area (Å²) in [4.78, 5) is 9.23. The van der Waals surface area contributed by atoms with E-state index in [1.165, 1.54) is 0 Å². The molecule has 2 rings (SSSR count). The smallest absolute Gasteiger partial charge is 0.162 e. The Bertz CT molecular complexity index is 432. The maximum atomic E-state index is 5.48. The lowest BCUT2D eigenvalue weighted by Gasteiger charge is -2.25. The van der Waals surface area contributed by atoms with Crippen LogP contribution in [0.5, 0.6) is 0 Å². The standard InChI is InChI=1S/C13H21N3O2/c1-5-14-11-9-8-18-7-6-10(9)15-12(16-11)13(2,3)17-4/h5-8H2,1-4H3,(H,14,15,16). The molecular weight excluding hydrogens is 230 g/mol. The van der Waals surface area contributed by atoms with E-state index in [2.05, 4.69) is 22.2 Å². The number of aromatic nitrogens is 2. The molecule has 0 aliphatic carbocycles. The second kappa shape index (κ2) is 5.20. The minimum Gasteiger partial charge on any atom is -0.376 e. The molecule has 1 aliphatic rings. The number of methoxy groups -OCH3 is 1. The van der Waals surface area contributed by atoms with Crippen LogP contribution in [-0.2, 0) is 28.1 Å². The van der Waals surface area contributed by atoms with Gasteiger partial charge in [0.1, 0.15) is 11.4 Å². The third kappa shape index (κ3) is 2.47. The lowest BCUT2D eigenvalue weighted by Crippen LogP contribution is -2.27. The highest BCUT2D eigenvalue weighted by Crippen LogP contribution is 2.27. The van der Waals surface area contributed by atoms with Crippen LogP contribution in [0.2, 0.25) is 0 Å². The van der Waals surface area contributed by atoms with Crippen LogP contribution in [0.1, 0.15) is 37.9 Å². The van der Waals surface area contributed by atoms with Crippen molar-refractivity contribution in [3.05, 3.63) is 17.1 Å². The normalized spacial score (nSPS) is 15.3. The number of hydrogen-bond donors (Lipinski definition) is 1. The van der Waals surface area contributed by atoms with Gasteiger partial charge in [-0.25, -0.2) is 9.97 Å². The van der Waals surface area contributed by atoms with Crippen LogP contribution in [-0.4, -0.2) is 30.2 Å². The molecule has 5 nitrogen and oxygen atoms in total. The zero-order chi connectivity index (χ0) is 13.2. The predicted octanol–water partition coefficient (Wildman–Crippen LogP) is 1.86. The summed E-state index contributed by atoms with van der Waals surface area (Å²) >= 11 is 0. The SMILES string of the molecule is CCNc1nc(C(C)(C)OC)nc2c1COCC2. The molecule has 100 valence electrons. The van der Waals surface area contributed by atoms with Gasteiger partial charge in [0.2, 0.25) is 0 Å². The Morgan fingerprint density at radius 1 is 1.39 bits per heavy atom. The number of nitrogens with one attached hydrogen (secondary N) is 1. The Morgan fingerprint density at radius 2 is 2.17 bits per heavy atom. The van der Waals surface area contributed by atoms with Crippen LogP contribution in [0, 0.1) is 0 Å². The molecule has 0 spiro atoms. The molecule has 1 N–H and O–H groups in total. The average molecular weight is 251 g/mol. The van der Waals surface area contributed by atoms with Crippen LogP contribution >= 0.6 is 0 Å². The Morgan fingerprint density at radius 3 is 2.83 bits per heavy atom. The van der Waals surface area contributed by atoms with Crippen LogP contribution in [0.15, 0.2) is 0 Å². The number of anilines is 1. The molecular formula is C13H21N3O2. The molecule has 1 aliphatic heterocycles. The topological polar surface area (TPSA) is 56.3 Å². The zero-order valence-corrected chi connectivity index (χ0v) is 11.5. The second-order valence-electron chi connectivity index (χ2n) is 4.87. The van der Waals surface area contributed by atoms with E-state index in [1.54, 1.807) is 7.11 Å². The van der Waals surface area contributed by atoms with E-state index >= 15 is 0 Å². The van der Waals surface area contributed by atoms with Crippen molar-refractivity contribution in [2.24, 2.45) is 0 Å². The number of hydrogen-bond acceptors (Lipinski definition) is 5. The van der Waals surface area contributed by atoms with E-state index < -0.39 is 5.60 Å². The molecule has 1 aromatic heterocycles. The van der Waals surface area contributed by atoms with Gasteiger partial charge in [0.25, 0.3) is 0 Å². The number of nitrogens with zero attached hydrogens (tertiary/aromatic N) is 2. The average Bonchev–Trinajstić information content (AvgIpc) is 2.39. The Hall–Kier alpha value is -1.20. The maximum Gasteiger partial charge on any atom is 0.162 e. The summed E-state index contributed by atoms with van der Waals surface area (Å²) in [5.41, 5.74) is 1.68. The summed E-state index contributed by atoms with van der Waals surface area (Å²) in [6.07, 6.45) is 0.836. The van der Waals surface area contributed by atoms with Crippen molar-refractivity contribution in [3.63, 3.8) is 0 Å². The van der Waals surface area contributed by atoms with Crippen molar-refractivity contribution < 1.29 is 9.47 Å². The minimum absolute atomic E-state index is 0.475. The quantitative estimate of drug-likeness (QED) is 0.885. The van der Waals surface area contributed by atoms with Gasteiger partial charge in [-0.05, 0) is 20.8 Å². The highest BCUT2D eigenvalue weighted by atomic mass is 16.5. The third-order valence-electron chi connectivity index (χ3n) is 3.22. The third-order valence-corrected chi connectivity index (χ3v) is 3.22. The van der Waals surface area contributed by atoms with Gasteiger partial charge in [0.15, 0.2) is 5.82 Å². The molecule has 18 heavy (non-hydrogen) atoms. The van der Waals surface area contributed by atoms with Crippen molar-refractivity contribution in [2.75, 3.05) is 25.6 Å². The largest absolute Gasteiger partial charge is 0.376 e. The summed E-state index contributed by atoms with van der Waals surface area (Å²) in [6.45, 7) is 8.15. The molecule has 0 radical (unpaired) electrons. The second-order valence-corrected chi connectivity index (χ2v) is 4.87. The molecule has 2 heterocycles. The molecule has 0 unspecified atom stereocenters. The molecule has 0 atom stereocenters. The fourth-order valence-electron chi connectivity index (χ4n) is 1.91. The molecule has 0 saturated carbocycles. The lowest BCUT2D eigenvalue weighted by molar-refractivity contribution is 0.0109. The zero-order valence-electron chi connectivity index (χ0n) is 11.5. The molecule has 1 aromatic rings. The van der Waals surface area contributed by atoms with Crippen LogP contribution in [0.25, 0.3) is 0 Å². The van der Waals surface area contributed by atoms with Gasteiger partial charge in [-0.1, -0.05) is 0 Å². The Balaban J connectivity index is 2.47. The monoisotopic (exact) mass is 251 g/mol. The first-order valence-electron chi connectivity index (χ1n) is 6.35. The Labute approximate surface area is 108 Å². The van der Waals surface area contributed by atoms with Crippen molar-refractivity contribution >= 4 is 5.82 Å². The van der Waals surface area contributed by atoms with Crippen LogP contribution < -0.4 is 5.32 Å². The predicted molar refractivity (Wildman–Crippen MR) is 69.6 cm³/mol. The number of ether oxygens (including phenoxy) is 2. The van der Waals surface area contributed by atoms with Crippen LogP contribution in [0.3, 0.4) is 0 Å². The van der Waals surface area contributed by atoms with E-state index in [4.69, 9.17) is 9.47 Å². The number of fused-ring (bicyclic) bond motifs is 1. The van der Waals surface area contributed by atoms with E-state index in [-0.39, 0.29) is 0 Å². The van der Waals surface area contributed by atoms with E-state index in [0.29, 0.717) is 6.61 Å². The van der Waals surface area contributed by atoms with E-state index in [0.717, 1.165) is 42.5 Å². The van der Waals surface area contributed by atoms with Crippen molar-refractivity contribution in [1.29, 1.82) is 0 Å². The fourth-order valence-corrected chi connectivity index (χ4v) is 1.91. The highest BCUT2D eigenvalue weighted by Gasteiger charge is 2.27. The van der Waals surface area contributed by atoms with Gasteiger partial charge in [0, 0.05) is 25.6 Å². The van der Waals surface area contributed by atoms with Gasteiger partial charge < -0.3 is 14.8 Å². The summed E-state index contributed by atoms with van der Waals surface area (Å²) in [5, 5.41) is 3.29. The van der Waals surface area contributed by atoms with Gasteiger partial charge in [-0.15, -0.1) is 0 Å². The minimum atomic E-state index is -0.475. The van der Waals surface area contributed by atoms with Gasteiger partial charge in [-0.3, -0.25) is 0 Å². The first kappa shape index (κ1) is 13.2. The van der Waals surface area contributed by atoms with Gasteiger partial charge in [-0.2, -0.15) is 0 Å². The summed E-state index contributed by atoms with van der Waals surface area (Å²) < 4.78 is 10.9. The summed E-state index contributed by atoms with van der Waals surface area (Å²) in [6, 6.07) is 0. The molecule has 0 amide bonds. The Kier molecular flexibility index (Phi) is 3.82. The van der Waals surface area contributed by atoms with Gasteiger partial charge >= 0.3 is 0 Å². The number of rotatable bonds is 4. The van der Waals surface area contributed by atoms with Crippen molar-refractivity contribution in [2.45, 2.75) is 39.4 Å². The van der Waals surface area contributed by atoms with E-state index in [1.807, 2.05) is 13.8 Å². The molecule has 5 heteroatoms. The molecule has 0 aromatic carbocycles. The van der Waals surface area contributed by atoms with Crippen molar-refractivity contribution in [1.82, 2.24) is 9.97 Å². The highest BCUT2D eigenvalue weighted by molar-refractivity contribution is 5.47. The first-order chi connectivity index (χ1) is 8.58. The maximum absolute atomic E-state index is 5.48. The fraction of sp³-hybridized carbons (Fsp3) is 0.692.